The third-order valence-electron chi connectivity index (χ3n) is 7.41. The molecule has 1 aliphatic rings. The molecule has 0 saturated carbocycles. The first-order chi connectivity index (χ1) is 18.1. The molecule has 4 heteroatoms. The van der Waals surface area contributed by atoms with E-state index in [2.05, 4.69) is 54.7 Å². The maximum Gasteiger partial charge on any atom is 0.212 e. The first kappa shape index (κ1) is 26.7. The Labute approximate surface area is 221 Å². The number of fused-ring (bicyclic) bond motifs is 2. The van der Waals surface area contributed by atoms with Gasteiger partial charge in [0.25, 0.3) is 0 Å². The molecule has 0 spiro atoms. The fourth-order valence-corrected chi connectivity index (χ4v) is 5.27. The highest BCUT2D eigenvalue weighted by Gasteiger charge is 2.33. The van der Waals surface area contributed by atoms with Crippen LogP contribution in [-0.4, -0.2) is 36.6 Å². The van der Waals surface area contributed by atoms with E-state index in [1.54, 1.807) is 12.1 Å². The third-order valence-corrected chi connectivity index (χ3v) is 7.41. The summed E-state index contributed by atoms with van der Waals surface area (Å²) in [4.78, 5) is 29.1. The summed E-state index contributed by atoms with van der Waals surface area (Å²) < 4.78 is 0. The largest absolute Gasteiger partial charge is 0.380 e. The van der Waals surface area contributed by atoms with E-state index in [-0.39, 0.29) is 11.6 Å². The van der Waals surface area contributed by atoms with Gasteiger partial charge in [-0.2, -0.15) is 0 Å². The van der Waals surface area contributed by atoms with Crippen LogP contribution in [0.4, 0.5) is 0 Å². The zero-order valence-electron chi connectivity index (χ0n) is 22.4. The molecule has 3 aromatic rings. The van der Waals surface area contributed by atoms with Gasteiger partial charge in [0.1, 0.15) is 11.4 Å². The summed E-state index contributed by atoms with van der Waals surface area (Å²) in [5.74, 6) is -0.157. The van der Waals surface area contributed by atoms with Crippen molar-refractivity contribution in [2.45, 2.75) is 64.7 Å². The molecule has 0 radical (unpaired) electrons. The number of nitrogens with zero attached hydrogens (tertiary/aromatic N) is 1. The summed E-state index contributed by atoms with van der Waals surface area (Å²) >= 11 is 0. The minimum absolute atomic E-state index is 0.0750. The summed E-state index contributed by atoms with van der Waals surface area (Å²) in [5, 5.41) is 5.83. The number of likely N-dealkylation sites (N-methyl/N-ethyl adjacent to an activating group) is 1. The van der Waals surface area contributed by atoms with E-state index >= 15 is 0 Å². The lowest BCUT2D eigenvalue weighted by molar-refractivity contribution is 0.0941. The van der Waals surface area contributed by atoms with Crippen LogP contribution in [0.1, 0.15) is 84.6 Å². The molecule has 1 aliphatic carbocycles. The molecule has 0 atom stereocenters. The fraction of sp³-hybridized carbons (Fsp3) is 0.394. The van der Waals surface area contributed by atoms with Crippen molar-refractivity contribution in [2.75, 3.05) is 20.1 Å². The molecule has 0 aliphatic heterocycles. The average Bonchev–Trinajstić information content (AvgIpc) is 2.93. The zero-order valence-corrected chi connectivity index (χ0v) is 22.4. The number of hydrogen-bond acceptors (Lipinski definition) is 4. The predicted molar refractivity (Wildman–Crippen MR) is 153 cm³/mol. The number of unbranched alkanes of at least 4 members (excludes halogenated alkanes) is 7. The summed E-state index contributed by atoms with van der Waals surface area (Å²) in [6.45, 7) is 3.59. The molecule has 1 N–H and O–H groups in total. The van der Waals surface area contributed by atoms with E-state index in [0.29, 0.717) is 35.6 Å². The van der Waals surface area contributed by atoms with Crippen LogP contribution >= 0.6 is 0 Å². The molecular formula is C33H40N2O2. The molecule has 0 amide bonds. The zero-order chi connectivity index (χ0) is 26.0. The molecule has 0 heterocycles. The maximum absolute atomic E-state index is 13.6. The summed E-state index contributed by atoms with van der Waals surface area (Å²) in [5.41, 5.74) is 3.18. The van der Waals surface area contributed by atoms with E-state index in [1.165, 1.54) is 54.9 Å². The first-order valence-corrected chi connectivity index (χ1v) is 14.0. The van der Waals surface area contributed by atoms with Crippen molar-refractivity contribution in [2.24, 2.45) is 0 Å². The lowest BCUT2D eigenvalue weighted by Crippen LogP contribution is -2.38. The Bertz CT molecular complexity index is 1250. The highest BCUT2D eigenvalue weighted by Crippen LogP contribution is 2.27. The van der Waals surface area contributed by atoms with Gasteiger partial charge >= 0.3 is 0 Å². The van der Waals surface area contributed by atoms with E-state index in [4.69, 9.17) is 0 Å². The molecule has 3 aromatic carbocycles. The van der Waals surface area contributed by atoms with Crippen molar-refractivity contribution in [1.29, 1.82) is 0 Å². The van der Waals surface area contributed by atoms with Gasteiger partial charge < -0.3 is 10.2 Å². The van der Waals surface area contributed by atoms with E-state index in [9.17, 15) is 9.59 Å². The number of nitrogens with one attached hydrogen (secondary N) is 1. The number of hydrogen-bond donors (Lipinski definition) is 1. The van der Waals surface area contributed by atoms with Crippen molar-refractivity contribution in [3.63, 3.8) is 0 Å². The highest BCUT2D eigenvalue weighted by atomic mass is 16.1. The van der Waals surface area contributed by atoms with Crippen molar-refractivity contribution in [3.05, 3.63) is 94.8 Å². The number of carbonyl (C=O) groups excluding carboxylic acids is 2. The van der Waals surface area contributed by atoms with Crippen LogP contribution in [-0.2, 0) is 6.42 Å². The average molecular weight is 497 g/mol. The van der Waals surface area contributed by atoms with Crippen LogP contribution in [0.5, 0.6) is 0 Å². The molecule has 37 heavy (non-hydrogen) atoms. The molecule has 0 bridgehead atoms. The Morgan fingerprint density at radius 3 is 2.08 bits per heavy atom. The molecule has 0 fully saturated rings. The minimum Gasteiger partial charge on any atom is -0.380 e. The quantitative estimate of drug-likeness (QED) is 0.237. The van der Waals surface area contributed by atoms with Crippen molar-refractivity contribution in [1.82, 2.24) is 10.2 Å². The van der Waals surface area contributed by atoms with E-state index in [0.717, 1.165) is 19.3 Å². The molecule has 194 valence electrons. The second-order valence-corrected chi connectivity index (χ2v) is 10.1. The van der Waals surface area contributed by atoms with Gasteiger partial charge in [0, 0.05) is 31.3 Å². The van der Waals surface area contributed by atoms with Gasteiger partial charge in [0.2, 0.25) is 11.6 Å². The summed E-state index contributed by atoms with van der Waals surface area (Å²) in [6, 6.07) is 21.9. The van der Waals surface area contributed by atoms with E-state index in [1.807, 2.05) is 24.1 Å². The predicted octanol–water partition coefficient (Wildman–Crippen LogP) is 7.34. The second kappa shape index (κ2) is 13.2. The summed E-state index contributed by atoms with van der Waals surface area (Å²) in [6.07, 6.45) is 10.6. The Kier molecular flexibility index (Phi) is 9.53. The minimum atomic E-state index is -0.0817. The number of rotatable bonds is 14. The van der Waals surface area contributed by atoms with Gasteiger partial charge in [-0.3, -0.25) is 9.59 Å². The van der Waals surface area contributed by atoms with Gasteiger partial charge in [0.15, 0.2) is 0 Å². The Balaban J connectivity index is 1.46. The van der Waals surface area contributed by atoms with Gasteiger partial charge in [-0.15, -0.1) is 0 Å². The Morgan fingerprint density at radius 2 is 1.32 bits per heavy atom. The molecule has 0 unspecified atom stereocenters. The number of allylic oxidation sites excluding steroid dienone is 2. The van der Waals surface area contributed by atoms with Gasteiger partial charge in [-0.05, 0) is 29.2 Å². The standard InChI is InChI=1S/C33H40N2O2/c1-3-4-5-6-7-8-9-14-23-34-30-31(33(37)29-21-13-12-20-28(29)32(30)36)35(2)24-22-26-18-15-17-25-16-10-11-19-27(25)26/h10-13,15-21,34H,3-9,14,22-24H2,1-2H3. The third kappa shape index (κ3) is 6.49. The lowest BCUT2D eigenvalue weighted by Gasteiger charge is -2.29. The van der Waals surface area contributed by atoms with Crippen LogP contribution in [0.15, 0.2) is 78.1 Å². The van der Waals surface area contributed by atoms with Crippen molar-refractivity contribution < 1.29 is 9.59 Å². The Hall–Kier alpha value is -3.40. The molecule has 4 nitrogen and oxygen atoms in total. The molecular weight excluding hydrogens is 456 g/mol. The normalized spacial score (nSPS) is 13.2. The van der Waals surface area contributed by atoms with Crippen LogP contribution in [0, 0.1) is 0 Å². The summed E-state index contributed by atoms with van der Waals surface area (Å²) in [7, 11) is 1.93. The number of Topliss-reactive ketones (excluding diaryl/α,β-unsaturated/α-hetero) is 2. The van der Waals surface area contributed by atoms with Gasteiger partial charge in [-0.1, -0.05) is 119 Å². The number of carbonyl (C=O) groups is 2. The second-order valence-electron chi connectivity index (χ2n) is 10.1. The maximum atomic E-state index is 13.6. The highest BCUT2D eigenvalue weighted by molar-refractivity contribution is 6.26. The molecule has 0 saturated heterocycles. The van der Waals surface area contributed by atoms with Crippen LogP contribution in [0.3, 0.4) is 0 Å². The van der Waals surface area contributed by atoms with Crippen LogP contribution in [0.25, 0.3) is 10.8 Å². The van der Waals surface area contributed by atoms with Gasteiger partial charge in [-0.25, -0.2) is 0 Å². The van der Waals surface area contributed by atoms with Crippen LogP contribution in [0.2, 0.25) is 0 Å². The number of ketones is 2. The van der Waals surface area contributed by atoms with Crippen molar-refractivity contribution in [3.8, 4) is 0 Å². The molecule has 4 rings (SSSR count). The van der Waals surface area contributed by atoms with E-state index < -0.39 is 0 Å². The first-order valence-electron chi connectivity index (χ1n) is 14.0. The fourth-order valence-electron chi connectivity index (χ4n) is 5.27. The Morgan fingerprint density at radius 1 is 0.703 bits per heavy atom. The van der Waals surface area contributed by atoms with Crippen molar-refractivity contribution >= 4 is 22.3 Å². The number of benzene rings is 3. The van der Waals surface area contributed by atoms with Gasteiger partial charge in [0.05, 0.1) is 0 Å². The smallest absolute Gasteiger partial charge is 0.212 e. The van der Waals surface area contributed by atoms with Crippen LogP contribution < -0.4 is 5.32 Å². The topological polar surface area (TPSA) is 49.4 Å². The monoisotopic (exact) mass is 496 g/mol. The lowest BCUT2D eigenvalue weighted by atomic mass is 9.89. The SMILES string of the molecule is CCCCCCCCCCNC1=C(N(C)CCc2cccc3ccccc23)C(=O)c2ccccc2C1=O. The molecule has 0 aromatic heterocycles.